The normalized spacial score (nSPS) is 19.4. The molecule has 1 aromatic heterocycles. The van der Waals surface area contributed by atoms with E-state index in [-0.39, 0.29) is 0 Å². The van der Waals surface area contributed by atoms with Crippen LogP contribution in [0.25, 0.3) is 0 Å². The molecule has 0 saturated heterocycles. The maximum absolute atomic E-state index is 5.90. The lowest BCUT2D eigenvalue weighted by atomic mass is 10.0. The number of hydrogen-bond acceptors (Lipinski definition) is 1. The Hall–Kier alpha value is -1.25. The highest BCUT2D eigenvalue weighted by molar-refractivity contribution is 6.30. The minimum atomic E-state index is 0.293. The van der Waals surface area contributed by atoms with Crippen molar-refractivity contribution in [1.82, 2.24) is 9.88 Å². The molecule has 1 aliphatic heterocycles. The van der Waals surface area contributed by atoms with E-state index in [4.69, 9.17) is 11.6 Å². The molecule has 1 aromatic carbocycles. The van der Waals surface area contributed by atoms with E-state index in [1.165, 1.54) is 11.3 Å². The van der Waals surface area contributed by atoms with Crippen molar-refractivity contribution in [2.45, 2.75) is 12.6 Å². The summed E-state index contributed by atoms with van der Waals surface area (Å²) in [6, 6.07) is 12.6. The van der Waals surface area contributed by atoms with Crippen molar-refractivity contribution >= 4 is 11.6 Å². The predicted molar refractivity (Wildman–Crippen MR) is 65.7 cm³/mol. The van der Waals surface area contributed by atoms with Gasteiger partial charge in [0.1, 0.15) is 0 Å². The van der Waals surface area contributed by atoms with Crippen molar-refractivity contribution < 1.29 is 0 Å². The molecule has 82 valence electrons. The average Bonchev–Trinajstić information content (AvgIpc) is 2.78. The number of nitrogens with zero attached hydrogens (tertiary/aromatic N) is 1. The lowest BCUT2D eigenvalue weighted by molar-refractivity contribution is 0.467. The van der Waals surface area contributed by atoms with Crippen molar-refractivity contribution in [3.8, 4) is 0 Å². The maximum atomic E-state index is 5.90. The zero-order chi connectivity index (χ0) is 11.0. The number of fused-ring (bicyclic) bond motifs is 1. The van der Waals surface area contributed by atoms with Gasteiger partial charge in [-0.2, -0.15) is 0 Å². The first-order valence-corrected chi connectivity index (χ1v) is 5.86. The third kappa shape index (κ3) is 1.64. The van der Waals surface area contributed by atoms with Crippen LogP contribution < -0.4 is 5.32 Å². The second kappa shape index (κ2) is 3.96. The number of hydrogen-bond donors (Lipinski definition) is 1. The van der Waals surface area contributed by atoms with E-state index in [9.17, 15) is 0 Å². The molecule has 0 radical (unpaired) electrons. The molecule has 0 saturated carbocycles. The van der Waals surface area contributed by atoms with Gasteiger partial charge in [-0.05, 0) is 29.8 Å². The first kappa shape index (κ1) is 9.94. The van der Waals surface area contributed by atoms with Gasteiger partial charge in [0.15, 0.2) is 0 Å². The quantitative estimate of drug-likeness (QED) is 0.800. The zero-order valence-electron chi connectivity index (χ0n) is 8.86. The highest BCUT2D eigenvalue weighted by Crippen LogP contribution is 2.26. The summed E-state index contributed by atoms with van der Waals surface area (Å²) >= 11 is 5.90. The SMILES string of the molecule is Clc1ccc(C2NCCn3cccc32)cc1. The fourth-order valence-electron chi connectivity index (χ4n) is 2.27. The van der Waals surface area contributed by atoms with Crippen LogP contribution in [0, 0.1) is 0 Å². The molecule has 0 amide bonds. The molecule has 0 fully saturated rings. The molecule has 0 spiro atoms. The van der Waals surface area contributed by atoms with Gasteiger partial charge < -0.3 is 9.88 Å². The van der Waals surface area contributed by atoms with Crippen LogP contribution in [0.3, 0.4) is 0 Å². The monoisotopic (exact) mass is 232 g/mol. The summed E-state index contributed by atoms with van der Waals surface area (Å²) in [6.45, 7) is 2.06. The molecular weight excluding hydrogens is 220 g/mol. The Morgan fingerprint density at radius 2 is 2.00 bits per heavy atom. The minimum Gasteiger partial charge on any atom is -0.348 e. The molecule has 2 heterocycles. The van der Waals surface area contributed by atoms with Crippen LogP contribution in [0.5, 0.6) is 0 Å². The van der Waals surface area contributed by atoms with Crippen molar-refractivity contribution in [2.24, 2.45) is 0 Å². The van der Waals surface area contributed by atoms with E-state index in [2.05, 4.69) is 40.3 Å². The number of halogens is 1. The molecule has 3 rings (SSSR count). The second-order valence-corrected chi connectivity index (χ2v) is 4.50. The fourth-order valence-corrected chi connectivity index (χ4v) is 2.40. The highest BCUT2D eigenvalue weighted by Gasteiger charge is 2.20. The molecule has 3 heteroatoms. The number of rotatable bonds is 1. The summed E-state index contributed by atoms with van der Waals surface area (Å²) in [5, 5.41) is 4.32. The van der Waals surface area contributed by atoms with Crippen LogP contribution >= 0.6 is 11.6 Å². The molecule has 0 aliphatic carbocycles. The second-order valence-electron chi connectivity index (χ2n) is 4.07. The molecule has 1 unspecified atom stereocenters. The van der Waals surface area contributed by atoms with Gasteiger partial charge in [0, 0.05) is 30.0 Å². The third-order valence-electron chi connectivity index (χ3n) is 3.06. The van der Waals surface area contributed by atoms with Crippen LogP contribution in [0.1, 0.15) is 17.3 Å². The smallest absolute Gasteiger partial charge is 0.0731 e. The highest BCUT2D eigenvalue weighted by atomic mass is 35.5. The third-order valence-corrected chi connectivity index (χ3v) is 3.32. The van der Waals surface area contributed by atoms with Crippen molar-refractivity contribution in [3.63, 3.8) is 0 Å². The van der Waals surface area contributed by atoms with E-state index in [0.29, 0.717) is 6.04 Å². The van der Waals surface area contributed by atoms with Gasteiger partial charge in [-0.1, -0.05) is 23.7 Å². The number of nitrogens with one attached hydrogen (secondary N) is 1. The minimum absolute atomic E-state index is 0.293. The maximum Gasteiger partial charge on any atom is 0.0731 e. The summed E-state index contributed by atoms with van der Waals surface area (Å²) in [7, 11) is 0. The number of aromatic nitrogens is 1. The van der Waals surface area contributed by atoms with E-state index >= 15 is 0 Å². The largest absolute Gasteiger partial charge is 0.348 e. The van der Waals surface area contributed by atoms with E-state index in [1.807, 2.05) is 12.1 Å². The Kier molecular flexibility index (Phi) is 2.46. The summed E-state index contributed by atoms with van der Waals surface area (Å²) in [4.78, 5) is 0. The summed E-state index contributed by atoms with van der Waals surface area (Å²) in [5.74, 6) is 0. The Bertz CT molecular complexity index is 487. The molecule has 1 aliphatic rings. The summed E-state index contributed by atoms with van der Waals surface area (Å²) < 4.78 is 2.30. The number of benzene rings is 1. The first-order valence-electron chi connectivity index (χ1n) is 5.48. The van der Waals surface area contributed by atoms with E-state index in [1.54, 1.807) is 0 Å². The van der Waals surface area contributed by atoms with Crippen molar-refractivity contribution in [1.29, 1.82) is 0 Å². The summed E-state index contributed by atoms with van der Waals surface area (Å²) in [6.07, 6.45) is 2.14. The van der Waals surface area contributed by atoms with Gasteiger partial charge in [-0.3, -0.25) is 0 Å². The van der Waals surface area contributed by atoms with Gasteiger partial charge in [-0.25, -0.2) is 0 Å². The topological polar surface area (TPSA) is 17.0 Å². The molecule has 2 nitrogen and oxygen atoms in total. The molecule has 16 heavy (non-hydrogen) atoms. The lowest BCUT2D eigenvalue weighted by Crippen LogP contribution is -2.33. The molecular formula is C13H13ClN2. The Morgan fingerprint density at radius 1 is 1.19 bits per heavy atom. The van der Waals surface area contributed by atoms with Gasteiger partial charge in [0.05, 0.1) is 6.04 Å². The van der Waals surface area contributed by atoms with Crippen LogP contribution in [-0.2, 0) is 6.54 Å². The Balaban J connectivity index is 2.00. The first-order chi connectivity index (χ1) is 7.84. The molecule has 0 bridgehead atoms. The fraction of sp³-hybridized carbons (Fsp3) is 0.231. The van der Waals surface area contributed by atoms with Crippen molar-refractivity contribution in [3.05, 3.63) is 58.9 Å². The lowest BCUT2D eigenvalue weighted by Gasteiger charge is -2.26. The van der Waals surface area contributed by atoms with E-state index < -0.39 is 0 Å². The van der Waals surface area contributed by atoms with Gasteiger partial charge >= 0.3 is 0 Å². The van der Waals surface area contributed by atoms with Gasteiger partial charge in [0.25, 0.3) is 0 Å². The molecule has 2 aromatic rings. The van der Waals surface area contributed by atoms with Gasteiger partial charge in [-0.15, -0.1) is 0 Å². The summed E-state index contributed by atoms with van der Waals surface area (Å²) in [5.41, 5.74) is 2.60. The predicted octanol–water partition coefficient (Wildman–Crippen LogP) is 2.83. The van der Waals surface area contributed by atoms with Gasteiger partial charge in [0.2, 0.25) is 0 Å². The van der Waals surface area contributed by atoms with E-state index in [0.717, 1.165) is 18.1 Å². The zero-order valence-corrected chi connectivity index (χ0v) is 9.61. The van der Waals surface area contributed by atoms with Crippen LogP contribution in [0.15, 0.2) is 42.6 Å². The van der Waals surface area contributed by atoms with Crippen LogP contribution in [0.4, 0.5) is 0 Å². The average molecular weight is 233 g/mol. The van der Waals surface area contributed by atoms with Crippen LogP contribution in [-0.4, -0.2) is 11.1 Å². The van der Waals surface area contributed by atoms with Crippen LogP contribution in [0.2, 0.25) is 5.02 Å². The molecule has 1 atom stereocenters. The Labute approximate surface area is 99.8 Å². The standard InChI is InChI=1S/C13H13ClN2/c14-11-5-3-10(4-6-11)13-12-2-1-8-16(12)9-7-15-13/h1-6,8,13,15H,7,9H2. The van der Waals surface area contributed by atoms with Crippen molar-refractivity contribution in [2.75, 3.05) is 6.54 Å². The Morgan fingerprint density at radius 3 is 2.81 bits per heavy atom. The molecule has 1 N–H and O–H groups in total.